The Bertz CT molecular complexity index is 751. The third-order valence-electron chi connectivity index (χ3n) is 4.07. The molecule has 1 amide bonds. The van der Waals surface area contributed by atoms with Crippen molar-refractivity contribution in [2.75, 3.05) is 17.7 Å². The number of rotatable bonds is 8. The highest BCUT2D eigenvalue weighted by molar-refractivity contribution is 8.00. The van der Waals surface area contributed by atoms with E-state index in [1.165, 1.54) is 11.8 Å². The number of carbonyl (C=O) groups excluding carboxylic acids is 2. The van der Waals surface area contributed by atoms with E-state index in [2.05, 4.69) is 5.32 Å². The van der Waals surface area contributed by atoms with Gasteiger partial charge in [-0.15, -0.1) is 11.8 Å². The molecule has 0 aliphatic carbocycles. The number of benzene rings is 2. The van der Waals surface area contributed by atoms with Crippen LogP contribution in [0.15, 0.2) is 47.4 Å². The molecule has 0 saturated heterocycles. The Kier molecular flexibility index (Phi) is 7.73. The molecule has 0 aromatic heterocycles. The molecule has 2 aromatic carbocycles. The first-order chi connectivity index (χ1) is 12.5. The quantitative estimate of drug-likeness (QED) is 0.552. The van der Waals surface area contributed by atoms with E-state index >= 15 is 0 Å². The summed E-state index contributed by atoms with van der Waals surface area (Å²) in [6, 6.07) is 13.9. The van der Waals surface area contributed by atoms with Gasteiger partial charge in [-0.05, 0) is 42.5 Å². The molecule has 0 bridgehead atoms. The molecule has 0 fully saturated rings. The zero-order valence-corrected chi connectivity index (χ0v) is 16.3. The number of ether oxygens (including phenoxy) is 1. The third-order valence-corrected chi connectivity index (χ3v) is 5.22. The van der Waals surface area contributed by atoms with E-state index < -0.39 is 5.97 Å². The van der Waals surface area contributed by atoms with Gasteiger partial charge in [0.15, 0.2) is 6.61 Å². The SMILES string of the molecule is CCc1cccc(CC)c1NC(=O)COC(=O)CSc1ccccc1C. The number of esters is 1. The van der Waals surface area contributed by atoms with Crippen LogP contribution in [0.4, 0.5) is 5.69 Å². The molecule has 5 heteroatoms. The van der Waals surface area contributed by atoms with E-state index in [9.17, 15) is 9.59 Å². The first kappa shape index (κ1) is 20.0. The smallest absolute Gasteiger partial charge is 0.316 e. The van der Waals surface area contributed by atoms with Gasteiger partial charge >= 0.3 is 5.97 Å². The van der Waals surface area contributed by atoms with Gasteiger partial charge in [0.2, 0.25) is 0 Å². The summed E-state index contributed by atoms with van der Waals surface area (Å²) in [4.78, 5) is 25.1. The van der Waals surface area contributed by atoms with Crippen molar-refractivity contribution < 1.29 is 14.3 Å². The molecular weight excluding hydrogens is 346 g/mol. The van der Waals surface area contributed by atoms with Gasteiger partial charge in [-0.1, -0.05) is 50.2 Å². The molecule has 0 spiro atoms. The third kappa shape index (κ3) is 5.63. The van der Waals surface area contributed by atoms with Crippen molar-refractivity contribution in [3.8, 4) is 0 Å². The first-order valence-electron chi connectivity index (χ1n) is 8.79. The van der Waals surface area contributed by atoms with Crippen LogP contribution in [0.5, 0.6) is 0 Å². The lowest BCUT2D eigenvalue weighted by Gasteiger charge is -2.14. The lowest BCUT2D eigenvalue weighted by molar-refractivity contribution is -0.144. The topological polar surface area (TPSA) is 55.4 Å². The average Bonchev–Trinajstić information content (AvgIpc) is 2.65. The van der Waals surface area contributed by atoms with Gasteiger partial charge in [-0.2, -0.15) is 0 Å². The number of para-hydroxylation sites is 1. The minimum atomic E-state index is -0.395. The molecule has 0 aliphatic rings. The molecule has 0 heterocycles. The zero-order valence-electron chi connectivity index (χ0n) is 15.5. The molecule has 2 rings (SSSR count). The van der Waals surface area contributed by atoms with E-state index in [0.717, 1.165) is 40.1 Å². The molecule has 0 atom stereocenters. The van der Waals surface area contributed by atoms with Crippen LogP contribution in [0.25, 0.3) is 0 Å². The van der Waals surface area contributed by atoms with Crippen molar-refractivity contribution in [1.29, 1.82) is 0 Å². The Balaban J connectivity index is 1.85. The Morgan fingerprint density at radius 1 is 1.00 bits per heavy atom. The fourth-order valence-electron chi connectivity index (χ4n) is 2.62. The molecule has 2 aromatic rings. The number of aryl methyl sites for hydroxylation is 3. The predicted molar refractivity (Wildman–Crippen MR) is 107 cm³/mol. The summed E-state index contributed by atoms with van der Waals surface area (Å²) in [6.07, 6.45) is 1.66. The second kappa shape index (κ2) is 10.0. The van der Waals surface area contributed by atoms with Crippen LogP contribution < -0.4 is 5.32 Å². The van der Waals surface area contributed by atoms with Crippen molar-refractivity contribution >= 4 is 29.3 Å². The lowest BCUT2D eigenvalue weighted by Crippen LogP contribution is -2.23. The number of thioether (sulfide) groups is 1. The van der Waals surface area contributed by atoms with Crippen molar-refractivity contribution in [2.45, 2.75) is 38.5 Å². The van der Waals surface area contributed by atoms with Crippen LogP contribution in [-0.2, 0) is 27.2 Å². The van der Waals surface area contributed by atoms with Gasteiger partial charge in [0.25, 0.3) is 5.91 Å². The monoisotopic (exact) mass is 371 g/mol. The van der Waals surface area contributed by atoms with E-state index in [0.29, 0.717) is 0 Å². The second-order valence-electron chi connectivity index (χ2n) is 5.92. The fourth-order valence-corrected chi connectivity index (χ4v) is 3.45. The standard InChI is InChI=1S/C21H25NO3S/c1-4-16-10-8-11-17(5-2)21(16)22-19(23)13-25-20(24)14-26-18-12-7-6-9-15(18)3/h6-12H,4-5,13-14H2,1-3H3,(H,22,23). The molecule has 0 aliphatic heterocycles. The fraction of sp³-hybridized carbons (Fsp3) is 0.333. The normalized spacial score (nSPS) is 10.4. The van der Waals surface area contributed by atoms with Crippen LogP contribution >= 0.6 is 11.8 Å². The molecule has 138 valence electrons. The van der Waals surface area contributed by atoms with Crippen LogP contribution in [0.2, 0.25) is 0 Å². The molecule has 0 saturated carbocycles. The molecule has 26 heavy (non-hydrogen) atoms. The van der Waals surface area contributed by atoms with Gasteiger partial charge in [-0.3, -0.25) is 9.59 Å². The van der Waals surface area contributed by atoms with Crippen LogP contribution in [0, 0.1) is 6.92 Å². The number of anilines is 1. The zero-order chi connectivity index (χ0) is 18.9. The minimum Gasteiger partial charge on any atom is -0.455 e. The van der Waals surface area contributed by atoms with Gasteiger partial charge in [0.05, 0.1) is 5.75 Å². The highest BCUT2D eigenvalue weighted by atomic mass is 32.2. The molecule has 4 nitrogen and oxygen atoms in total. The van der Waals surface area contributed by atoms with Gasteiger partial charge in [0.1, 0.15) is 0 Å². The summed E-state index contributed by atoms with van der Waals surface area (Å²) >= 11 is 1.42. The van der Waals surface area contributed by atoms with E-state index in [1.54, 1.807) is 0 Å². The van der Waals surface area contributed by atoms with Crippen LogP contribution in [0.3, 0.4) is 0 Å². The number of hydrogen-bond donors (Lipinski definition) is 1. The predicted octanol–water partition coefficient (Wildman–Crippen LogP) is 4.39. The molecule has 0 radical (unpaired) electrons. The van der Waals surface area contributed by atoms with Gasteiger partial charge < -0.3 is 10.1 Å². The van der Waals surface area contributed by atoms with Crippen molar-refractivity contribution in [3.05, 3.63) is 59.2 Å². The summed E-state index contributed by atoms with van der Waals surface area (Å²) in [5.41, 5.74) is 4.12. The first-order valence-corrected chi connectivity index (χ1v) is 9.78. The Labute approximate surface area is 159 Å². The molecular formula is C21H25NO3S. The largest absolute Gasteiger partial charge is 0.455 e. The van der Waals surface area contributed by atoms with Gasteiger partial charge in [0, 0.05) is 10.6 Å². The summed E-state index contributed by atoms with van der Waals surface area (Å²) in [5.74, 6) is -0.521. The maximum atomic E-state index is 12.2. The van der Waals surface area contributed by atoms with Crippen LogP contribution in [0.1, 0.15) is 30.5 Å². The second-order valence-corrected chi connectivity index (χ2v) is 6.94. The average molecular weight is 372 g/mol. The Hall–Kier alpha value is -2.27. The Morgan fingerprint density at radius 3 is 2.27 bits per heavy atom. The molecule has 0 unspecified atom stereocenters. The summed E-state index contributed by atoms with van der Waals surface area (Å²) in [5, 5.41) is 2.90. The van der Waals surface area contributed by atoms with E-state index in [4.69, 9.17) is 4.74 Å². The summed E-state index contributed by atoms with van der Waals surface area (Å²) in [7, 11) is 0. The van der Waals surface area contributed by atoms with Crippen molar-refractivity contribution in [1.82, 2.24) is 0 Å². The highest BCUT2D eigenvalue weighted by Gasteiger charge is 2.12. The number of amides is 1. The summed E-state index contributed by atoms with van der Waals surface area (Å²) < 4.78 is 5.11. The van der Waals surface area contributed by atoms with Crippen LogP contribution in [-0.4, -0.2) is 24.2 Å². The van der Waals surface area contributed by atoms with Crippen molar-refractivity contribution in [3.63, 3.8) is 0 Å². The minimum absolute atomic E-state index is 0.184. The van der Waals surface area contributed by atoms with Gasteiger partial charge in [-0.25, -0.2) is 0 Å². The Morgan fingerprint density at radius 2 is 1.65 bits per heavy atom. The number of hydrogen-bond acceptors (Lipinski definition) is 4. The maximum Gasteiger partial charge on any atom is 0.316 e. The highest BCUT2D eigenvalue weighted by Crippen LogP contribution is 2.23. The van der Waals surface area contributed by atoms with E-state index in [1.807, 2.05) is 63.2 Å². The van der Waals surface area contributed by atoms with Crippen molar-refractivity contribution in [2.24, 2.45) is 0 Å². The lowest BCUT2D eigenvalue weighted by atomic mass is 10.0. The summed E-state index contributed by atoms with van der Waals surface area (Å²) in [6.45, 7) is 5.83. The van der Waals surface area contributed by atoms with E-state index in [-0.39, 0.29) is 18.3 Å². The molecule has 1 N–H and O–H groups in total. The number of carbonyl (C=O) groups is 2. The number of nitrogens with one attached hydrogen (secondary N) is 1. The maximum absolute atomic E-state index is 12.2.